The molecule has 0 aliphatic heterocycles. The summed E-state index contributed by atoms with van der Waals surface area (Å²) in [6, 6.07) is 19.9. The average Bonchev–Trinajstić information content (AvgIpc) is 3.14. The number of rotatable bonds is 5. The SMILES string of the molecule is COc1ccc(NC(=O)Cn2c(=O)n(-c3cccc(C)c3)c(=O)c3c2c2cc(C)ccc2n3C)cc1. The molecule has 0 bridgehead atoms. The van der Waals surface area contributed by atoms with Crippen molar-refractivity contribution in [2.45, 2.75) is 20.4 Å². The van der Waals surface area contributed by atoms with Gasteiger partial charge in [0.2, 0.25) is 5.91 Å². The molecule has 5 rings (SSSR count). The molecule has 1 N–H and O–H groups in total. The fourth-order valence-electron chi connectivity index (χ4n) is 4.63. The molecular weight excluding hydrogens is 456 g/mol. The van der Waals surface area contributed by atoms with Crippen LogP contribution in [0.15, 0.2) is 76.3 Å². The molecule has 3 aromatic carbocycles. The van der Waals surface area contributed by atoms with Gasteiger partial charge in [0, 0.05) is 18.1 Å². The Hall–Kier alpha value is -4.59. The fraction of sp³-hybridized carbons (Fsp3) is 0.179. The molecule has 0 spiro atoms. The summed E-state index contributed by atoms with van der Waals surface area (Å²) >= 11 is 0. The number of anilines is 1. The van der Waals surface area contributed by atoms with Crippen LogP contribution in [0.5, 0.6) is 5.75 Å². The number of carbonyl (C=O) groups excluding carboxylic acids is 1. The van der Waals surface area contributed by atoms with Gasteiger partial charge in [-0.05, 0) is 67.9 Å². The number of methoxy groups -OCH3 is 1. The highest BCUT2D eigenvalue weighted by molar-refractivity contribution is 6.06. The fourth-order valence-corrected chi connectivity index (χ4v) is 4.63. The molecule has 0 unspecified atom stereocenters. The monoisotopic (exact) mass is 482 g/mol. The highest BCUT2D eigenvalue weighted by atomic mass is 16.5. The molecule has 36 heavy (non-hydrogen) atoms. The quantitative estimate of drug-likeness (QED) is 0.412. The van der Waals surface area contributed by atoms with Crippen molar-refractivity contribution in [3.8, 4) is 11.4 Å². The lowest BCUT2D eigenvalue weighted by Crippen LogP contribution is -2.41. The number of carbonyl (C=O) groups is 1. The largest absolute Gasteiger partial charge is 0.497 e. The summed E-state index contributed by atoms with van der Waals surface area (Å²) in [5.41, 5.74) is 3.53. The van der Waals surface area contributed by atoms with E-state index in [0.29, 0.717) is 28.2 Å². The van der Waals surface area contributed by atoms with Gasteiger partial charge in [0.15, 0.2) is 0 Å². The first-order valence-corrected chi connectivity index (χ1v) is 11.5. The minimum Gasteiger partial charge on any atom is -0.497 e. The summed E-state index contributed by atoms with van der Waals surface area (Å²) < 4.78 is 9.49. The molecule has 182 valence electrons. The van der Waals surface area contributed by atoms with E-state index in [9.17, 15) is 14.4 Å². The lowest BCUT2D eigenvalue weighted by molar-refractivity contribution is -0.116. The van der Waals surface area contributed by atoms with Gasteiger partial charge in [0.05, 0.1) is 23.8 Å². The molecule has 2 aromatic heterocycles. The molecule has 8 nitrogen and oxygen atoms in total. The van der Waals surface area contributed by atoms with Gasteiger partial charge in [-0.25, -0.2) is 9.36 Å². The van der Waals surface area contributed by atoms with Crippen molar-refractivity contribution >= 4 is 33.5 Å². The predicted molar refractivity (Wildman–Crippen MR) is 141 cm³/mol. The highest BCUT2D eigenvalue weighted by Crippen LogP contribution is 2.27. The summed E-state index contributed by atoms with van der Waals surface area (Å²) in [6.45, 7) is 3.58. The molecule has 8 heteroatoms. The van der Waals surface area contributed by atoms with E-state index in [1.54, 1.807) is 61.2 Å². The summed E-state index contributed by atoms with van der Waals surface area (Å²) in [7, 11) is 3.37. The zero-order chi connectivity index (χ0) is 25.6. The van der Waals surface area contributed by atoms with Crippen LogP contribution in [0.4, 0.5) is 5.69 Å². The van der Waals surface area contributed by atoms with Gasteiger partial charge in [-0.2, -0.15) is 0 Å². The first kappa shape index (κ1) is 23.2. The standard InChI is InChI=1S/C28H26N4O4/c1-17-6-5-7-20(14-17)32-27(34)26-25(22-15-18(2)8-13-23(22)30(26)3)31(28(32)35)16-24(33)29-19-9-11-21(36-4)12-10-19/h5-15H,16H2,1-4H3,(H,29,33). The number of amides is 1. The van der Waals surface area contributed by atoms with E-state index in [-0.39, 0.29) is 12.5 Å². The highest BCUT2D eigenvalue weighted by Gasteiger charge is 2.22. The van der Waals surface area contributed by atoms with Crippen molar-refractivity contribution in [2.75, 3.05) is 12.4 Å². The van der Waals surface area contributed by atoms with Gasteiger partial charge in [-0.3, -0.25) is 14.2 Å². The van der Waals surface area contributed by atoms with Gasteiger partial charge in [-0.1, -0.05) is 23.8 Å². The van der Waals surface area contributed by atoms with Gasteiger partial charge in [-0.15, -0.1) is 0 Å². The molecule has 0 radical (unpaired) electrons. The topological polar surface area (TPSA) is 87.3 Å². The van der Waals surface area contributed by atoms with Crippen molar-refractivity contribution in [3.05, 3.63) is 98.7 Å². The molecule has 5 aromatic rings. The van der Waals surface area contributed by atoms with E-state index < -0.39 is 11.2 Å². The Morgan fingerprint density at radius 3 is 2.33 bits per heavy atom. The number of ether oxygens (including phenoxy) is 1. The number of aromatic nitrogens is 3. The normalized spacial score (nSPS) is 11.2. The zero-order valence-corrected chi connectivity index (χ0v) is 20.5. The first-order chi connectivity index (χ1) is 17.3. The number of fused-ring (bicyclic) bond motifs is 3. The lowest BCUT2D eigenvalue weighted by Gasteiger charge is -2.14. The van der Waals surface area contributed by atoms with Gasteiger partial charge in [0.1, 0.15) is 17.8 Å². The van der Waals surface area contributed by atoms with E-state index >= 15 is 0 Å². The van der Waals surface area contributed by atoms with Gasteiger partial charge in [0.25, 0.3) is 5.56 Å². The number of aryl methyl sites for hydroxylation is 3. The van der Waals surface area contributed by atoms with E-state index in [2.05, 4.69) is 5.32 Å². The van der Waals surface area contributed by atoms with Crippen molar-refractivity contribution in [1.29, 1.82) is 0 Å². The van der Waals surface area contributed by atoms with Gasteiger partial charge >= 0.3 is 5.69 Å². The second kappa shape index (κ2) is 8.88. The minimum absolute atomic E-state index is 0.263. The Balaban J connectivity index is 1.74. The van der Waals surface area contributed by atoms with E-state index in [1.807, 2.05) is 38.1 Å². The van der Waals surface area contributed by atoms with Crippen LogP contribution in [0.1, 0.15) is 11.1 Å². The van der Waals surface area contributed by atoms with E-state index in [0.717, 1.165) is 26.6 Å². The third kappa shape index (κ3) is 3.86. The van der Waals surface area contributed by atoms with Crippen molar-refractivity contribution in [1.82, 2.24) is 13.7 Å². The summed E-state index contributed by atoms with van der Waals surface area (Å²) in [6.07, 6.45) is 0. The Bertz CT molecular complexity index is 1760. The third-order valence-electron chi connectivity index (χ3n) is 6.36. The van der Waals surface area contributed by atoms with Crippen molar-refractivity contribution in [2.24, 2.45) is 7.05 Å². The molecule has 1 amide bonds. The van der Waals surface area contributed by atoms with Crippen LogP contribution in [-0.2, 0) is 18.4 Å². The Kier molecular flexibility index (Phi) is 5.72. The summed E-state index contributed by atoms with van der Waals surface area (Å²) in [5, 5.41) is 3.58. The van der Waals surface area contributed by atoms with Crippen LogP contribution in [0, 0.1) is 13.8 Å². The van der Waals surface area contributed by atoms with E-state index in [1.165, 1.54) is 4.57 Å². The zero-order valence-electron chi connectivity index (χ0n) is 20.5. The molecule has 0 saturated carbocycles. The van der Waals surface area contributed by atoms with Crippen molar-refractivity contribution in [3.63, 3.8) is 0 Å². The van der Waals surface area contributed by atoms with Crippen LogP contribution >= 0.6 is 0 Å². The van der Waals surface area contributed by atoms with Crippen LogP contribution in [0.2, 0.25) is 0 Å². The van der Waals surface area contributed by atoms with Crippen LogP contribution in [0.3, 0.4) is 0 Å². The molecule has 2 heterocycles. The number of benzene rings is 3. The minimum atomic E-state index is -0.572. The molecule has 0 fully saturated rings. The maximum Gasteiger partial charge on any atom is 0.336 e. The Morgan fingerprint density at radius 2 is 1.64 bits per heavy atom. The summed E-state index contributed by atoms with van der Waals surface area (Å²) in [5.74, 6) is 0.282. The van der Waals surface area contributed by atoms with Crippen LogP contribution in [0.25, 0.3) is 27.6 Å². The van der Waals surface area contributed by atoms with Gasteiger partial charge < -0.3 is 14.6 Å². The maximum absolute atomic E-state index is 13.8. The molecular formula is C28H26N4O4. The lowest BCUT2D eigenvalue weighted by atomic mass is 10.1. The number of nitrogens with one attached hydrogen (secondary N) is 1. The molecule has 0 aliphatic rings. The number of hydrogen-bond acceptors (Lipinski definition) is 4. The second-order valence-electron chi connectivity index (χ2n) is 8.90. The number of nitrogens with zero attached hydrogens (tertiary/aromatic N) is 3. The molecule has 0 atom stereocenters. The summed E-state index contributed by atoms with van der Waals surface area (Å²) in [4.78, 5) is 40.7. The number of hydrogen-bond donors (Lipinski definition) is 1. The predicted octanol–water partition coefficient (Wildman–Crippen LogP) is 3.91. The van der Waals surface area contributed by atoms with Crippen LogP contribution < -0.4 is 21.3 Å². The third-order valence-corrected chi connectivity index (χ3v) is 6.36. The second-order valence-corrected chi connectivity index (χ2v) is 8.90. The van der Waals surface area contributed by atoms with E-state index in [4.69, 9.17) is 4.74 Å². The van der Waals surface area contributed by atoms with Crippen molar-refractivity contribution < 1.29 is 9.53 Å². The maximum atomic E-state index is 13.8. The molecule has 0 saturated heterocycles. The average molecular weight is 483 g/mol. The smallest absolute Gasteiger partial charge is 0.336 e. The Morgan fingerprint density at radius 1 is 0.917 bits per heavy atom. The van der Waals surface area contributed by atoms with Crippen LogP contribution in [-0.4, -0.2) is 26.7 Å². The molecule has 0 aliphatic carbocycles. The first-order valence-electron chi connectivity index (χ1n) is 11.5. The Labute approximate surface area is 207 Å².